The fourth-order valence-electron chi connectivity index (χ4n) is 2.26. The van der Waals surface area contributed by atoms with Crippen LogP contribution in [0, 0.1) is 11.8 Å². The maximum absolute atomic E-state index is 10.8. The summed E-state index contributed by atoms with van der Waals surface area (Å²) in [6.07, 6.45) is 1.61. The summed E-state index contributed by atoms with van der Waals surface area (Å²) >= 11 is 0. The molecule has 1 rings (SSSR count). The molecule has 0 aromatic heterocycles. The fourth-order valence-corrected chi connectivity index (χ4v) is 2.26. The van der Waals surface area contributed by atoms with E-state index >= 15 is 0 Å². The predicted molar refractivity (Wildman–Crippen MR) is 59.5 cm³/mol. The lowest BCUT2D eigenvalue weighted by molar-refractivity contribution is -0.0210. The normalized spacial score (nSPS) is 21.0. The average molecular weight is 214 g/mol. The lowest BCUT2D eigenvalue weighted by atomic mass is 9.77. The molecule has 4 heteroatoms. The molecule has 1 aliphatic heterocycles. The standard InChI is InChI=1S/C11H22N2O2/c1-8(9-4-6-13-7-5-9)11(2,3)15-10(12)14/h8-9,13H,4-7H2,1-3H3,(H2,12,14). The van der Waals surface area contributed by atoms with Gasteiger partial charge in [0.1, 0.15) is 5.60 Å². The summed E-state index contributed by atoms with van der Waals surface area (Å²) in [5, 5.41) is 3.33. The molecule has 1 aliphatic rings. The second-order valence-electron chi connectivity index (χ2n) is 4.90. The number of carbonyl (C=O) groups is 1. The highest BCUT2D eigenvalue weighted by molar-refractivity contribution is 5.65. The van der Waals surface area contributed by atoms with E-state index in [-0.39, 0.29) is 0 Å². The van der Waals surface area contributed by atoms with Crippen LogP contribution in [0.15, 0.2) is 0 Å². The Hall–Kier alpha value is -0.770. The van der Waals surface area contributed by atoms with Crippen molar-refractivity contribution >= 4 is 6.09 Å². The zero-order valence-corrected chi connectivity index (χ0v) is 9.88. The first-order valence-corrected chi connectivity index (χ1v) is 5.62. The zero-order chi connectivity index (χ0) is 11.5. The summed E-state index contributed by atoms with van der Waals surface area (Å²) in [4.78, 5) is 10.8. The van der Waals surface area contributed by atoms with E-state index in [9.17, 15) is 4.79 Å². The maximum Gasteiger partial charge on any atom is 0.405 e. The van der Waals surface area contributed by atoms with Gasteiger partial charge in [-0.1, -0.05) is 6.92 Å². The van der Waals surface area contributed by atoms with E-state index in [1.54, 1.807) is 0 Å². The van der Waals surface area contributed by atoms with Crippen molar-refractivity contribution in [1.29, 1.82) is 0 Å². The monoisotopic (exact) mass is 214 g/mol. The predicted octanol–water partition coefficient (Wildman–Crippen LogP) is 1.50. The van der Waals surface area contributed by atoms with Gasteiger partial charge < -0.3 is 15.8 Å². The van der Waals surface area contributed by atoms with Gasteiger partial charge in [0.05, 0.1) is 0 Å². The Morgan fingerprint density at radius 3 is 2.47 bits per heavy atom. The van der Waals surface area contributed by atoms with Crippen LogP contribution in [0.3, 0.4) is 0 Å². The molecule has 0 spiro atoms. The SMILES string of the molecule is CC(C1CCNCC1)C(C)(C)OC(N)=O. The molecule has 1 unspecified atom stereocenters. The molecule has 4 nitrogen and oxygen atoms in total. The van der Waals surface area contributed by atoms with Crippen LogP contribution >= 0.6 is 0 Å². The summed E-state index contributed by atoms with van der Waals surface area (Å²) in [5.41, 5.74) is 4.61. The van der Waals surface area contributed by atoms with Gasteiger partial charge in [0, 0.05) is 0 Å². The lowest BCUT2D eigenvalue weighted by Crippen LogP contribution is -2.43. The maximum atomic E-state index is 10.8. The molecule has 0 bridgehead atoms. The molecule has 1 saturated heterocycles. The van der Waals surface area contributed by atoms with E-state index in [2.05, 4.69) is 12.2 Å². The van der Waals surface area contributed by atoms with Crippen LogP contribution in [-0.4, -0.2) is 24.8 Å². The highest BCUT2D eigenvalue weighted by atomic mass is 16.6. The number of nitrogens with one attached hydrogen (secondary N) is 1. The second kappa shape index (κ2) is 4.84. The lowest BCUT2D eigenvalue weighted by Gasteiger charge is -2.38. The minimum Gasteiger partial charge on any atom is -0.443 e. The molecule has 15 heavy (non-hydrogen) atoms. The summed E-state index contributed by atoms with van der Waals surface area (Å²) in [7, 11) is 0. The van der Waals surface area contributed by atoms with Crippen molar-refractivity contribution in [3.8, 4) is 0 Å². The van der Waals surface area contributed by atoms with Crippen LogP contribution in [0.2, 0.25) is 0 Å². The third kappa shape index (κ3) is 3.38. The van der Waals surface area contributed by atoms with Crippen molar-refractivity contribution < 1.29 is 9.53 Å². The van der Waals surface area contributed by atoms with E-state index in [4.69, 9.17) is 10.5 Å². The van der Waals surface area contributed by atoms with E-state index in [1.807, 2.05) is 13.8 Å². The van der Waals surface area contributed by atoms with Gasteiger partial charge in [0.2, 0.25) is 0 Å². The first kappa shape index (κ1) is 12.3. The van der Waals surface area contributed by atoms with E-state index in [0.717, 1.165) is 25.9 Å². The van der Waals surface area contributed by atoms with Crippen molar-refractivity contribution in [2.24, 2.45) is 17.6 Å². The third-order valence-electron chi connectivity index (χ3n) is 3.55. The summed E-state index contributed by atoms with van der Waals surface area (Å²) < 4.78 is 5.17. The Bertz CT molecular complexity index is 223. The van der Waals surface area contributed by atoms with Crippen LogP contribution in [0.1, 0.15) is 33.6 Å². The zero-order valence-electron chi connectivity index (χ0n) is 9.88. The third-order valence-corrected chi connectivity index (χ3v) is 3.55. The number of piperidine rings is 1. The van der Waals surface area contributed by atoms with Crippen molar-refractivity contribution in [3.05, 3.63) is 0 Å². The molecule has 1 heterocycles. The first-order valence-electron chi connectivity index (χ1n) is 5.62. The Labute approximate surface area is 91.5 Å². The molecule has 0 radical (unpaired) electrons. The van der Waals surface area contributed by atoms with Gasteiger partial charge in [-0.05, 0) is 51.6 Å². The van der Waals surface area contributed by atoms with E-state index in [0.29, 0.717) is 11.8 Å². The van der Waals surface area contributed by atoms with Gasteiger partial charge in [-0.2, -0.15) is 0 Å². The number of carbonyl (C=O) groups excluding carboxylic acids is 1. The van der Waals surface area contributed by atoms with Crippen molar-refractivity contribution in [1.82, 2.24) is 5.32 Å². The number of nitrogens with two attached hydrogens (primary N) is 1. The Morgan fingerprint density at radius 1 is 1.47 bits per heavy atom. The number of hydrogen-bond donors (Lipinski definition) is 2. The van der Waals surface area contributed by atoms with Crippen LogP contribution in [0.4, 0.5) is 4.79 Å². The molecule has 3 N–H and O–H groups in total. The van der Waals surface area contributed by atoms with E-state index < -0.39 is 11.7 Å². The number of amides is 1. The molecule has 1 amide bonds. The van der Waals surface area contributed by atoms with Gasteiger partial charge in [0.25, 0.3) is 0 Å². The van der Waals surface area contributed by atoms with Crippen molar-refractivity contribution in [2.45, 2.75) is 39.2 Å². The van der Waals surface area contributed by atoms with Gasteiger partial charge >= 0.3 is 6.09 Å². The van der Waals surface area contributed by atoms with Gasteiger partial charge in [-0.15, -0.1) is 0 Å². The summed E-state index contributed by atoms with van der Waals surface area (Å²) in [5.74, 6) is 0.952. The van der Waals surface area contributed by atoms with Crippen LogP contribution in [0.5, 0.6) is 0 Å². The van der Waals surface area contributed by atoms with Crippen LogP contribution < -0.4 is 11.1 Å². The fraction of sp³-hybridized carbons (Fsp3) is 0.909. The highest BCUT2D eigenvalue weighted by Gasteiger charge is 2.35. The molecule has 0 saturated carbocycles. The second-order valence-corrected chi connectivity index (χ2v) is 4.90. The van der Waals surface area contributed by atoms with Gasteiger partial charge in [-0.3, -0.25) is 0 Å². The largest absolute Gasteiger partial charge is 0.443 e. The smallest absolute Gasteiger partial charge is 0.405 e. The van der Waals surface area contributed by atoms with Crippen molar-refractivity contribution in [2.75, 3.05) is 13.1 Å². The summed E-state index contributed by atoms with van der Waals surface area (Å²) in [6.45, 7) is 8.12. The average Bonchev–Trinajstić information content (AvgIpc) is 2.16. The van der Waals surface area contributed by atoms with Crippen molar-refractivity contribution in [3.63, 3.8) is 0 Å². The number of rotatable bonds is 3. The quantitative estimate of drug-likeness (QED) is 0.748. The van der Waals surface area contributed by atoms with E-state index in [1.165, 1.54) is 0 Å². The Morgan fingerprint density at radius 2 is 2.00 bits per heavy atom. The molecular formula is C11H22N2O2. The topological polar surface area (TPSA) is 64.3 Å². The molecule has 1 atom stereocenters. The molecule has 0 aromatic carbocycles. The minimum atomic E-state index is -0.680. The summed E-state index contributed by atoms with van der Waals surface area (Å²) in [6, 6.07) is 0. The van der Waals surface area contributed by atoms with Gasteiger partial charge in [-0.25, -0.2) is 4.79 Å². The molecule has 88 valence electrons. The molecule has 0 aliphatic carbocycles. The number of ether oxygens (including phenoxy) is 1. The molecule has 0 aromatic rings. The Balaban J connectivity index is 2.55. The Kier molecular flexibility index (Phi) is 3.97. The van der Waals surface area contributed by atoms with Crippen LogP contribution in [0.25, 0.3) is 0 Å². The van der Waals surface area contributed by atoms with Gasteiger partial charge in [0.15, 0.2) is 0 Å². The highest BCUT2D eigenvalue weighted by Crippen LogP contribution is 2.32. The van der Waals surface area contributed by atoms with Crippen LogP contribution in [-0.2, 0) is 4.74 Å². The number of hydrogen-bond acceptors (Lipinski definition) is 3. The minimum absolute atomic E-state index is 0.340. The molecule has 1 fully saturated rings. The number of primary amides is 1. The first-order chi connectivity index (χ1) is 6.93. The molecular weight excluding hydrogens is 192 g/mol.